The second-order valence-corrected chi connectivity index (χ2v) is 15.1. The molecule has 0 aliphatic heterocycles. The topological polar surface area (TPSA) is 46.5 Å². The van der Waals surface area contributed by atoms with Crippen LogP contribution in [-0.2, 0) is 9.53 Å². The minimum atomic E-state index is 0.0156. The van der Waals surface area contributed by atoms with Crippen molar-refractivity contribution in [3.8, 4) is 0 Å². The molecule has 0 radical (unpaired) electrons. The van der Waals surface area contributed by atoms with Crippen LogP contribution in [0.4, 0.5) is 0 Å². The number of allylic oxidation sites excluding steroid dienone is 2. The Labute approximate surface area is 302 Å². The number of hydrogen-bond acceptors (Lipinski definition) is 3. The van der Waals surface area contributed by atoms with Crippen molar-refractivity contribution >= 4 is 5.97 Å². The van der Waals surface area contributed by atoms with Gasteiger partial charge < -0.3 is 9.84 Å². The van der Waals surface area contributed by atoms with E-state index in [1.807, 2.05) is 0 Å². The van der Waals surface area contributed by atoms with Gasteiger partial charge in [-0.1, -0.05) is 218 Å². The van der Waals surface area contributed by atoms with Gasteiger partial charge in [0.2, 0.25) is 0 Å². The highest BCUT2D eigenvalue weighted by atomic mass is 16.5. The predicted octanol–water partition coefficient (Wildman–Crippen LogP) is 15.3. The molecule has 0 amide bonds. The minimum absolute atomic E-state index is 0.0156. The van der Waals surface area contributed by atoms with Crippen LogP contribution >= 0.6 is 0 Å². The van der Waals surface area contributed by atoms with Crippen molar-refractivity contribution in [2.45, 2.75) is 257 Å². The van der Waals surface area contributed by atoms with Gasteiger partial charge in [0.1, 0.15) is 0 Å². The molecule has 48 heavy (non-hydrogen) atoms. The monoisotopic (exact) mass is 677 g/mol. The molecule has 1 N–H and O–H groups in total. The van der Waals surface area contributed by atoms with Crippen LogP contribution in [0.3, 0.4) is 0 Å². The van der Waals surface area contributed by atoms with Gasteiger partial charge in [0.15, 0.2) is 0 Å². The molecule has 0 atom stereocenters. The molecule has 0 rings (SSSR count). The fraction of sp³-hybridized carbons (Fsp3) is 0.933. The summed E-state index contributed by atoms with van der Waals surface area (Å²) in [6.45, 7) is 3.26. The molecule has 3 heteroatoms. The predicted molar refractivity (Wildman–Crippen MR) is 213 cm³/mol. The molecule has 0 fully saturated rings. The van der Waals surface area contributed by atoms with Gasteiger partial charge in [-0.15, -0.1) is 0 Å². The lowest BCUT2D eigenvalue weighted by atomic mass is 10.0. The molecular weight excluding hydrogens is 588 g/mol. The number of unbranched alkanes of at least 4 members (excludes halogenated alkanes) is 35. The van der Waals surface area contributed by atoms with E-state index in [2.05, 4.69) is 19.1 Å². The molecule has 0 saturated carbocycles. The van der Waals surface area contributed by atoms with E-state index in [-0.39, 0.29) is 5.97 Å². The highest BCUT2D eigenvalue weighted by Crippen LogP contribution is 2.16. The maximum atomic E-state index is 12.0. The summed E-state index contributed by atoms with van der Waals surface area (Å²) in [5, 5.41) is 8.80. The van der Waals surface area contributed by atoms with Crippen LogP contribution in [0.2, 0.25) is 0 Å². The Kier molecular flexibility index (Phi) is 43.4. The Balaban J connectivity index is 3.14. The number of ether oxygens (including phenoxy) is 1. The van der Waals surface area contributed by atoms with E-state index in [1.165, 1.54) is 218 Å². The van der Waals surface area contributed by atoms with Crippen molar-refractivity contribution in [1.29, 1.82) is 0 Å². The van der Waals surface area contributed by atoms with Crippen LogP contribution in [0.5, 0.6) is 0 Å². The standard InChI is InChI=1S/C45H88O3/c1-2-3-4-5-6-7-8-24-27-30-33-36-39-42-45(47)48-44-41-38-35-32-29-26-23-21-19-17-15-13-11-9-10-12-14-16-18-20-22-25-28-31-34-37-40-43-46/h7-8,46H,2-6,9-44H2,1H3/b8-7-. The summed E-state index contributed by atoms with van der Waals surface area (Å²) in [5.74, 6) is 0.0156. The minimum Gasteiger partial charge on any atom is -0.466 e. The van der Waals surface area contributed by atoms with Crippen molar-refractivity contribution in [2.75, 3.05) is 13.2 Å². The lowest BCUT2D eigenvalue weighted by Gasteiger charge is -2.06. The highest BCUT2D eigenvalue weighted by Gasteiger charge is 2.03. The van der Waals surface area contributed by atoms with E-state index in [0.717, 1.165) is 25.7 Å². The molecule has 0 aromatic heterocycles. The first-order valence-corrected chi connectivity index (χ1v) is 22.2. The summed E-state index contributed by atoms with van der Waals surface area (Å²) in [6, 6.07) is 0. The number of aliphatic hydroxyl groups excluding tert-OH is 1. The Morgan fingerprint density at radius 1 is 0.396 bits per heavy atom. The van der Waals surface area contributed by atoms with Crippen molar-refractivity contribution in [1.82, 2.24) is 0 Å². The summed E-state index contributed by atoms with van der Waals surface area (Å²) in [7, 11) is 0. The SMILES string of the molecule is CCCCCC/C=C\CCCCCCCC(=O)OCCCCCCCCCCCCCCCCCCCCCCCCCCCCCO. The summed E-state index contributed by atoms with van der Waals surface area (Å²) < 4.78 is 5.46. The molecule has 0 bridgehead atoms. The largest absolute Gasteiger partial charge is 0.466 e. The quantitative estimate of drug-likeness (QED) is 0.0398. The van der Waals surface area contributed by atoms with Crippen LogP contribution in [0.1, 0.15) is 257 Å². The summed E-state index contributed by atoms with van der Waals surface area (Å²) >= 11 is 0. The molecule has 286 valence electrons. The Morgan fingerprint density at radius 2 is 0.688 bits per heavy atom. The molecule has 0 heterocycles. The number of esters is 1. The lowest BCUT2D eigenvalue weighted by molar-refractivity contribution is -0.143. The molecule has 0 aromatic carbocycles. The average molecular weight is 677 g/mol. The van der Waals surface area contributed by atoms with Crippen molar-refractivity contribution < 1.29 is 14.6 Å². The Hall–Kier alpha value is -0.830. The first kappa shape index (κ1) is 47.2. The third-order valence-corrected chi connectivity index (χ3v) is 10.2. The van der Waals surface area contributed by atoms with E-state index >= 15 is 0 Å². The number of carbonyl (C=O) groups is 1. The fourth-order valence-electron chi connectivity index (χ4n) is 6.88. The molecule has 0 aliphatic carbocycles. The van der Waals surface area contributed by atoms with Gasteiger partial charge in [0, 0.05) is 13.0 Å². The van der Waals surface area contributed by atoms with Crippen molar-refractivity contribution in [3.63, 3.8) is 0 Å². The van der Waals surface area contributed by atoms with E-state index < -0.39 is 0 Å². The van der Waals surface area contributed by atoms with Crippen molar-refractivity contribution in [3.05, 3.63) is 12.2 Å². The van der Waals surface area contributed by atoms with Gasteiger partial charge in [-0.25, -0.2) is 0 Å². The first-order valence-electron chi connectivity index (χ1n) is 22.2. The van der Waals surface area contributed by atoms with E-state index in [0.29, 0.717) is 19.6 Å². The Bertz CT molecular complexity index is 615. The van der Waals surface area contributed by atoms with Gasteiger partial charge in [0.25, 0.3) is 0 Å². The third-order valence-electron chi connectivity index (χ3n) is 10.2. The highest BCUT2D eigenvalue weighted by molar-refractivity contribution is 5.69. The molecular formula is C45H88O3. The molecule has 0 saturated heterocycles. The zero-order valence-corrected chi connectivity index (χ0v) is 32.9. The van der Waals surface area contributed by atoms with Crippen LogP contribution in [0.15, 0.2) is 12.2 Å². The van der Waals surface area contributed by atoms with Gasteiger partial charge >= 0.3 is 5.97 Å². The summed E-state index contributed by atoms with van der Waals surface area (Å²) in [4.78, 5) is 12.0. The van der Waals surface area contributed by atoms with Gasteiger partial charge in [-0.05, 0) is 44.9 Å². The third kappa shape index (κ3) is 43.2. The van der Waals surface area contributed by atoms with Crippen LogP contribution in [-0.4, -0.2) is 24.3 Å². The number of hydrogen-bond donors (Lipinski definition) is 1. The normalized spacial score (nSPS) is 11.6. The van der Waals surface area contributed by atoms with Crippen LogP contribution in [0.25, 0.3) is 0 Å². The molecule has 0 aliphatic rings. The summed E-state index contributed by atoms with van der Waals surface area (Å²) in [5.41, 5.74) is 0. The second kappa shape index (κ2) is 44.2. The van der Waals surface area contributed by atoms with E-state index in [9.17, 15) is 4.79 Å². The maximum Gasteiger partial charge on any atom is 0.305 e. The van der Waals surface area contributed by atoms with Gasteiger partial charge in [-0.2, -0.15) is 0 Å². The fourth-order valence-corrected chi connectivity index (χ4v) is 6.88. The van der Waals surface area contributed by atoms with Crippen molar-refractivity contribution in [2.24, 2.45) is 0 Å². The second-order valence-electron chi connectivity index (χ2n) is 15.1. The number of carbonyl (C=O) groups excluding carboxylic acids is 1. The molecule has 3 nitrogen and oxygen atoms in total. The average Bonchev–Trinajstić information content (AvgIpc) is 3.09. The number of aliphatic hydroxyl groups is 1. The lowest BCUT2D eigenvalue weighted by Crippen LogP contribution is -2.05. The van der Waals surface area contributed by atoms with Gasteiger partial charge in [-0.3, -0.25) is 4.79 Å². The molecule has 0 spiro atoms. The molecule has 0 aromatic rings. The Morgan fingerprint density at radius 3 is 1.04 bits per heavy atom. The van der Waals surface area contributed by atoms with E-state index in [4.69, 9.17) is 9.84 Å². The van der Waals surface area contributed by atoms with Crippen LogP contribution < -0.4 is 0 Å². The maximum absolute atomic E-state index is 12.0. The molecule has 0 unspecified atom stereocenters. The smallest absolute Gasteiger partial charge is 0.305 e. The number of rotatable bonds is 42. The van der Waals surface area contributed by atoms with Crippen LogP contribution in [0, 0.1) is 0 Å². The summed E-state index contributed by atoms with van der Waals surface area (Å²) in [6.07, 6.45) is 56.2. The van der Waals surface area contributed by atoms with Gasteiger partial charge in [0.05, 0.1) is 6.61 Å². The zero-order valence-electron chi connectivity index (χ0n) is 32.9. The zero-order chi connectivity index (χ0) is 34.7. The van der Waals surface area contributed by atoms with E-state index in [1.54, 1.807) is 0 Å². The first-order chi connectivity index (χ1) is 23.8.